The van der Waals surface area contributed by atoms with Gasteiger partial charge in [-0.15, -0.1) is 0 Å². The number of amides is 2. The summed E-state index contributed by atoms with van der Waals surface area (Å²) in [4.78, 5) is 23.8. The van der Waals surface area contributed by atoms with Gasteiger partial charge in [0.05, 0.1) is 0 Å². The molecule has 2 N–H and O–H groups in total. The number of carbonyl (C=O) groups excluding carboxylic acids is 2. The Hall–Kier alpha value is -2.33. The van der Waals surface area contributed by atoms with Crippen molar-refractivity contribution in [2.24, 2.45) is 0 Å². The molecule has 0 aliphatic heterocycles. The maximum atomic E-state index is 11.9. The van der Waals surface area contributed by atoms with Gasteiger partial charge in [0.2, 0.25) is 0 Å². The van der Waals surface area contributed by atoms with E-state index in [9.17, 15) is 9.59 Å². The molecule has 0 aliphatic rings. The third-order valence-electron chi connectivity index (χ3n) is 3.47. The fraction of sp³-hybridized carbons (Fsp3) is 0.222. The van der Waals surface area contributed by atoms with Crippen LogP contribution in [0.1, 0.15) is 16.7 Å². The second-order valence-corrected chi connectivity index (χ2v) is 5.78. The van der Waals surface area contributed by atoms with E-state index in [1.807, 2.05) is 44.2 Å². The molecule has 2 aromatic rings. The molecule has 2 aromatic carbocycles. The van der Waals surface area contributed by atoms with Gasteiger partial charge in [-0.05, 0) is 43.5 Å². The summed E-state index contributed by atoms with van der Waals surface area (Å²) >= 11 is 6.05. The lowest BCUT2D eigenvalue weighted by Gasteiger charge is -2.10. The average Bonchev–Trinajstić information content (AvgIpc) is 2.51. The molecule has 120 valence electrons. The van der Waals surface area contributed by atoms with Gasteiger partial charge < -0.3 is 10.6 Å². The van der Waals surface area contributed by atoms with E-state index < -0.39 is 11.8 Å². The summed E-state index contributed by atoms with van der Waals surface area (Å²) in [7, 11) is 0. The van der Waals surface area contributed by atoms with Crippen molar-refractivity contribution < 1.29 is 9.59 Å². The topological polar surface area (TPSA) is 58.2 Å². The van der Waals surface area contributed by atoms with Crippen LogP contribution in [0.15, 0.2) is 42.5 Å². The molecule has 0 saturated carbocycles. The molecule has 23 heavy (non-hydrogen) atoms. The Balaban J connectivity index is 1.86. The van der Waals surface area contributed by atoms with Crippen LogP contribution in [0.3, 0.4) is 0 Å². The van der Waals surface area contributed by atoms with Crippen LogP contribution in [0.25, 0.3) is 0 Å². The van der Waals surface area contributed by atoms with E-state index in [1.54, 1.807) is 12.1 Å². The molecule has 4 nitrogen and oxygen atoms in total. The van der Waals surface area contributed by atoms with Gasteiger partial charge >= 0.3 is 11.8 Å². The third-order valence-corrected chi connectivity index (χ3v) is 3.84. The van der Waals surface area contributed by atoms with E-state index in [2.05, 4.69) is 10.6 Å². The zero-order valence-corrected chi connectivity index (χ0v) is 13.9. The number of benzene rings is 2. The molecule has 2 amide bonds. The largest absolute Gasteiger partial charge is 0.347 e. The van der Waals surface area contributed by atoms with Crippen LogP contribution in [0.5, 0.6) is 0 Å². The zero-order valence-electron chi connectivity index (χ0n) is 13.2. The van der Waals surface area contributed by atoms with E-state index >= 15 is 0 Å². The van der Waals surface area contributed by atoms with Gasteiger partial charge in [-0.25, -0.2) is 0 Å². The first-order chi connectivity index (χ1) is 11.0. The van der Waals surface area contributed by atoms with Crippen LogP contribution in [-0.4, -0.2) is 18.4 Å². The third kappa shape index (κ3) is 4.83. The smallest absolute Gasteiger partial charge is 0.313 e. The average molecular weight is 331 g/mol. The van der Waals surface area contributed by atoms with Crippen molar-refractivity contribution in [2.75, 3.05) is 11.9 Å². The maximum absolute atomic E-state index is 11.9. The van der Waals surface area contributed by atoms with Crippen molar-refractivity contribution in [1.82, 2.24) is 5.32 Å². The predicted octanol–water partition coefficient (Wildman–Crippen LogP) is 3.25. The number of anilines is 1. The predicted molar refractivity (Wildman–Crippen MR) is 92.7 cm³/mol. The monoisotopic (exact) mass is 330 g/mol. The van der Waals surface area contributed by atoms with Crippen molar-refractivity contribution in [2.45, 2.75) is 20.3 Å². The molecule has 0 heterocycles. The summed E-state index contributed by atoms with van der Waals surface area (Å²) in [6.45, 7) is 4.21. The molecule has 2 rings (SSSR count). The number of hydrogen-bond donors (Lipinski definition) is 2. The SMILES string of the molecule is Cc1ccc(NC(=O)C(=O)NCCc2ccccc2Cl)c(C)c1. The summed E-state index contributed by atoms with van der Waals surface area (Å²) in [5.74, 6) is -1.33. The first-order valence-corrected chi connectivity index (χ1v) is 7.75. The van der Waals surface area contributed by atoms with Gasteiger partial charge in [-0.1, -0.05) is 47.5 Å². The van der Waals surface area contributed by atoms with Crippen LogP contribution in [0, 0.1) is 13.8 Å². The van der Waals surface area contributed by atoms with Crippen molar-refractivity contribution in [3.63, 3.8) is 0 Å². The van der Waals surface area contributed by atoms with Gasteiger partial charge in [-0.2, -0.15) is 0 Å². The molecule has 0 saturated heterocycles. The molecule has 0 aromatic heterocycles. The number of hydrogen-bond acceptors (Lipinski definition) is 2. The van der Waals surface area contributed by atoms with Crippen molar-refractivity contribution in [3.05, 3.63) is 64.2 Å². The zero-order chi connectivity index (χ0) is 16.8. The Morgan fingerprint density at radius 3 is 2.48 bits per heavy atom. The first-order valence-electron chi connectivity index (χ1n) is 7.37. The Labute approximate surface area is 140 Å². The molecular formula is C18H19ClN2O2. The Morgan fingerprint density at radius 1 is 1.04 bits per heavy atom. The second-order valence-electron chi connectivity index (χ2n) is 5.37. The quantitative estimate of drug-likeness (QED) is 0.845. The molecule has 0 bridgehead atoms. The van der Waals surface area contributed by atoms with Gasteiger partial charge in [0.25, 0.3) is 0 Å². The summed E-state index contributed by atoms with van der Waals surface area (Å²) in [5.41, 5.74) is 3.60. The highest BCUT2D eigenvalue weighted by Gasteiger charge is 2.14. The molecule has 0 spiro atoms. The molecule has 0 radical (unpaired) electrons. The summed E-state index contributed by atoms with van der Waals surface area (Å²) in [6.07, 6.45) is 0.572. The highest BCUT2D eigenvalue weighted by Crippen LogP contribution is 2.16. The van der Waals surface area contributed by atoms with E-state index in [4.69, 9.17) is 11.6 Å². The highest BCUT2D eigenvalue weighted by atomic mass is 35.5. The molecule has 0 atom stereocenters. The second kappa shape index (κ2) is 7.79. The van der Waals surface area contributed by atoms with Crippen molar-refractivity contribution in [3.8, 4) is 0 Å². The normalized spacial score (nSPS) is 10.2. The van der Waals surface area contributed by atoms with Crippen LogP contribution < -0.4 is 10.6 Å². The maximum Gasteiger partial charge on any atom is 0.313 e. The lowest BCUT2D eigenvalue weighted by atomic mass is 10.1. The number of aryl methyl sites for hydroxylation is 2. The van der Waals surface area contributed by atoms with Crippen LogP contribution in [-0.2, 0) is 16.0 Å². The molecule has 0 unspecified atom stereocenters. The van der Waals surface area contributed by atoms with E-state index in [0.717, 1.165) is 16.7 Å². The summed E-state index contributed by atoms with van der Waals surface area (Å²) in [6, 6.07) is 13.1. The standard InChI is InChI=1S/C18H19ClN2O2/c1-12-7-8-16(13(2)11-12)21-18(23)17(22)20-10-9-14-5-3-4-6-15(14)19/h3-8,11H,9-10H2,1-2H3,(H,20,22)(H,21,23). The number of carbonyl (C=O) groups is 2. The van der Waals surface area contributed by atoms with Crippen LogP contribution in [0.4, 0.5) is 5.69 Å². The van der Waals surface area contributed by atoms with Gasteiger partial charge in [-0.3, -0.25) is 9.59 Å². The van der Waals surface area contributed by atoms with E-state index in [0.29, 0.717) is 23.7 Å². The van der Waals surface area contributed by atoms with E-state index in [1.165, 1.54) is 0 Å². The minimum atomic E-state index is -0.670. The van der Waals surface area contributed by atoms with Crippen LogP contribution >= 0.6 is 11.6 Å². The van der Waals surface area contributed by atoms with Crippen molar-refractivity contribution in [1.29, 1.82) is 0 Å². The fourth-order valence-corrected chi connectivity index (χ4v) is 2.46. The minimum Gasteiger partial charge on any atom is -0.347 e. The van der Waals surface area contributed by atoms with Crippen molar-refractivity contribution >= 4 is 29.1 Å². The molecule has 5 heteroatoms. The minimum absolute atomic E-state index is 0.350. The van der Waals surface area contributed by atoms with Gasteiger partial charge in [0.15, 0.2) is 0 Å². The fourth-order valence-electron chi connectivity index (χ4n) is 2.23. The number of rotatable bonds is 4. The van der Waals surface area contributed by atoms with Gasteiger partial charge in [0, 0.05) is 17.3 Å². The number of halogens is 1. The Kier molecular flexibility index (Phi) is 5.77. The Morgan fingerprint density at radius 2 is 1.78 bits per heavy atom. The van der Waals surface area contributed by atoms with Crippen LogP contribution in [0.2, 0.25) is 5.02 Å². The summed E-state index contributed by atoms with van der Waals surface area (Å²) in [5, 5.41) is 5.87. The molecular weight excluding hydrogens is 312 g/mol. The van der Waals surface area contributed by atoms with Gasteiger partial charge in [0.1, 0.15) is 0 Å². The summed E-state index contributed by atoms with van der Waals surface area (Å²) < 4.78 is 0. The number of nitrogens with one attached hydrogen (secondary N) is 2. The molecule has 0 fully saturated rings. The molecule has 0 aliphatic carbocycles. The lowest BCUT2D eigenvalue weighted by molar-refractivity contribution is -0.136. The van der Waals surface area contributed by atoms with E-state index in [-0.39, 0.29) is 0 Å². The Bertz CT molecular complexity index is 729. The highest BCUT2D eigenvalue weighted by molar-refractivity contribution is 6.39. The lowest BCUT2D eigenvalue weighted by Crippen LogP contribution is -2.36. The first kappa shape index (κ1) is 17.0.